The minimum absolute atomic E-state index is 0.0701. The van der Waals surface area contributed by atoms with Gasteiger partial charge in [0.25, 0.3) is 5.91 Å². The Morgan fingerprint density at radius 3 is 2.22 bits per heavy atom. The van der Waals surface area contributed by atoms with Crippen LogP contribution in [0.2, 0.25) is 0 Å². The van der Waals surface area contributed by atoms with Crippen molar-refractivity contribution in [3.8, 4) is 0 Å². The van der Waals surface area contributed by atoms with E-state index >= 15 is 0 Å². The van der Waals surface area contributed by atoms with Crippen LogP contribution in [0.3, 0.4) is 0 Å². The summed E-state index contributed by atoms with van der Waals surface area (Å²) in [5, 5.41) is 5.27. The Bertz CT molecular complexity index is 667. The molecule has 3 unspecified atom stereocenters. The molecule has 0 aromatic heterocycles. The molecule has 1 fully saturated rings. The average Bonchev–Trinajstić information content (AvgIpc) is 2.99. The number of nitrogens with one attached hydrogen (secondary N) is 4. The summed E-state index contributed by atoms with van der Waals surface area (Å²) >= 11 is 3.52. The van der Waals surface area contributed by atoms with Crippen LogP contribution in [-0.2, 0) is 11.0 Å². The molecule has 0 aliphatic carbocycles. The highest BCUT2D eigenvalue weighted by atomic mass is 79.9. The number of hydrogen-bond donors (Lipinski definition) is 4. The SMILES string of the molecule is CC(C)C1NNC(C(=O)NCCNC(=O)c2ccc(C(F)(F)F)cc2)C1Br. The van der Waals surface area contributed by atoms with Crippen molar-refractivity contribution in [2.75, 3.05) is 13.1 Å². The zero-order chi connectivity index (χ0) is 20.2. The first-order valence-electron chi connectivity index (χ1n) is 8.49. The summed E-state index contributed by atoms with van der Waals surface area (Å²) in [6.45, 7) is 4.46. The molecule has 0 radical (unpaired) electrons. The van der Waals surface area contributed by atoms with Crippen LogP contribution in [0.15, 0.2) is 24.3 Å². The fourth-order valence-electron chi connectivity index (χ4n) is 2.68. The summed E-state index contributed by atoms with van der Waals surface area (Å²) in [6.07, 6.45) is -4.44. The molecule has 150 valence electrons. The van der Waals surface area contributed by atoms with E-state index in [-0.39, 0.29) is 35.4 Å². The second-order valence-corrected chi connectivity index (χ2v) is 7.66. The maximum atomic E-state index is 12.5. The molecular weight excluding hydrogens is 429 g/mol. The van der Waals surface area contributed by atoms with Gasteiger partial charge in [-0.2, -0.15) is 13.2 Å². The number of halogens is 4. The maximum Gasteiger partial charge on any atom is 0.416 e. The minimum Gasteiger partial charge on any atom is -0.353 e. The standard InChI is InChI=1S/C17H22BrF3N4O2/c1-9(2)13-12(18)14(25-24-13)16(27)23-8-7-22-15(26)10-3-5-11(6-4-10)17(19,20)21/h3-6,9,12-14,24-25H,7-8H2,1-2H3,(H,22,26)(H,23,27). The summed E-state index contributed by atoms with van der Waals surface area (Å²) in [6, 6.07) is 3.62. The van der Waals surface area contributed by atoms with Crippen LogP contribution in [-0.4, -0.2) is 41.8 Å². The number of carbonyl (C=O) groups is 2. The Balaban J connectivity index is 1.75. The van der Waals surface area contributed by atoms with Gasteiger partial charge in [0, 0.05) is 24.7 Å². The van der Waals surface area contributed by atoms with Crippen molar-refractivity contribution in [3.63, 3.8) is 0 Å². The van der Waals surface area contributed by atoms with Crippen molar-refractivity contribution in [1.82, 2.24) is 21.5 Å². The lowest BCUT2D eigenvalue weighted by molar-refractivity contribution is -0.137. The number of rotatable bonds is 6. The third-order valence-corrected chi connectivity index (χ3v) is 5.35. The molecule has 27 heavy (non-hydrogen) atoms. The van der Waals surface area contributed by atoms with Crippen LogP contribution in [0.1, 0.15) is 29.8 Å². The largest absolute Gasteiger partial charge is 0.416 e. The van der Waals surface area contributed by atoms with E-state index in [1.807, 2.05) is 13.8 Å². The molecule has 1 aromatic rings. The molecule has 1 aliphatic rings. The van der Waals surface area contributed by atoms with Gasteiger partial charge in [0.05, 0.1) is 10.4 Å². The van der Waals surface area contributed by atoms with Gasteiger partial charge >= 0.3 is 6.18 Å². The van der Waals surface area contributed by atoms with Gasteiger partial charge in [-0.1, -0.05) is 29.8 Å². The highest BCUT2D eigenvalue weighted by molar-refractivity contribution is 9.09. The van der Waals surface area contributed by atoms with Crippen molar-refractivity contribution in [3.05, 3.63) is 35.4 Å². The predicted octanol–water partition coefficient (Wildman–Crippen LogP) is 1.82. The highest BCUT2D eigenvalue weighted by Crippen LogP contribution is 2.29. The monoisotopic (exact) mass is 450 g/mol. The van der Waals surface area contributed by atoms with E-state index < -0.39 is 23.7 Å². The molecule has 1 saturated heterocycles. The number of alkyl halides is 4. The van der Waals surface area contributed by atoms with Crippen molar-refractivity contribution < 1.29 is 22.8 Å². The van der Waals surface area contributed by atoms with Crippen LogP contribution >= 0.6 is 15.9 Å². The molecule has 0 spiro atoms. The first-order valence-corrected chi connectivity index (χ1v) is 9.41. The molecule has 1 aromatic carbocycles. The normalized spacial score (nSPS) is 22.7. The van der Waals surface area contributed by atoms with E-state index in [0.717, 1.165) is 24.3 Å². The second-order valence-electron chi connectivity index (χ2n) is 6.60. The van der Waals surface area contributed by atoms with Crippen LogP contribution in [0.25, 0.3) is 0 Å². The van der Waals surface area contributed by atoms with E-state index in [9.17, 15) is 22.8 Å². The second kappa shape index (κ2) is 9.03. The molecule has 0 saturated carbocycles. The van der Waals surface area contributed by atoms with E-state index in [4.69, 9.17) is 0 Å². The average molecular weight is 451 g/mol. The van der Waals surface area contributed by atoms with Crippen LogP contribution in [0.5, 0.6) is 0 Å². The molecule has 4 N–H and O–H groups in total. The molecule has 6 nitrogen and oxygen atoms in total. The lowest BCUT2D eigenvalue weighted by atomic mass is 9.99. The summed E-state index contributed by atoms with van der Waals surface area (Å²) < 4.78 is 37.5. The molecule has 2 amide bonds. The van der Waals surface area contributed by atoms with Gasteiger partial charge in [-0.15, -0.1) is 0 Å². The summed E-state index contributed by atoms with van der Waals surface area (Å²) in [4.78, 5) is 24.1. The smallest absolute Gasteiger partial charge is 0.353 e. The van der Waals surface area contributed by atoms with E-state index in [0.29, 0.717) is 5.92 Å². The van der Waals surface area contributed by atoms with E-state index in [2.05, 4.69) is 37.4 Å². The molecule has 2 rings (SSSR count). The predicted molar refractivity (Wildman–Crippen MR) is 98.2 cm³/mol. The minimum atomic E-state index is -4.44. The number of benzene rings is 1. The maximum absolute atomic E-state index is 12.5. The fourth-order valence-corrected chi connectivity index (χ4v) is 3.80. The van der Waals surface area contributed by atoms with Crippen molar-refractivity contribution in [1.29, 1.82) is 0 Å². The van der Waals surface area contributed by atoms with Gasteiger partial charge in [0.15, 0.2) is 0 Å². The number of amides is 2. The zero-order valence-electron chi connectivity index (χ0n) is 14.9. The molecule has 3 atom stereocenters. The highest BCUT2D eigenvalue weighted by Gasteiger charge is 2.39. The third kappa shape index (κ3) is 5.66. The fraction of sp³-hybridized carbons (Fsp3) is 0.529. The first kappa shape index (κ1) is 21.6. The topological polar surface area (TPSA) is 82.3 Å². The summed E-state index contributed by atoms with van der Waals surface area (Å²) in [7, 11) is 0. The van der Waals surface area contributed by atoms with Gasteiger partial charge in [-0.05, 0) is 30.2 Å². The Kier molecular flexibility index (Phi) is 7.24. The molecule has 10 heteroatoms. The number of hydrazine groups is 1. The van der Waals surface area contributed by atoms with Crippen LogP contribution < -0.4 is 21.5 Å². The Hall–Kier alpha value is -1.65. The first-order chi connectivity index (χ1) is 12.6. The molecule has 1 heterocycles. The van der Waals surface area contributed by atoms with Crippen LogP contribution in [0.4, 0.5) is 13.2 Å². The molecular formula is C17H22BrF3N4O2. The third-order valence-electron chi connectivity index (χ3n) is 4.25. The molecule has 1 aliphatic heterocycles. The Morgan fingerprint density at radius 2 is 1.70 bits per heavy atom. The van der Waals surface area contributed by atoms with Crippen molar-refractivity contribution >= 4 is 27.7 Å². The van der Waals surface area contributed by atoms with Gasteiger partial charge < -0.3 is 10.6 Å². The van der Waals surface area contributed by atoms with Gasteiger partial charge in [-0.3, -0.25) is 15.0 Å². The number of hydrogen-bond acceptors (Lipinski definition) is 4. The lowest BCUT2D eigenvalue weighted by Gasteiger charge is -2.19. The van der Waals surface area contributed by atoms with Crippen LogP contribution in [0, 0.1) is 5.92 Å². The Morgan fingerprint density at radius 1 is 1.11 bits per heavy atom. The summed E-state index contributed by atoms with van der Waals surface area (Å²) in [5.74, 6) is -0.379. The van der Waals surface area contributed by atoms with Gasteiger partial charge in [-0.25, -0.2) is 5.43 Å². The number of carbonyl (C=O) groups excluding carboxylic acids is 2. The lowest BCUT2D eigenvalue weighted by Crippen LogP contribution is -2.47. The zero-order valence-corrected chi connectivity index (χ0v) is 16.4. The Labute approximate surface area is 163 Å². The summed E-state index contributed by atoms with van der Waals surface area (Å²) in [5.41, 5.74) is 5.33. The van der Waals surface area contributed by atoms with Gasteiger partial charge in [0.2, 0.25) is 5.91 Å². The van der Waals surface area contributed by atoms with E-state index in [1.165, 1.54) is 0 Å². The van der Waals surface area contributed by atoms with Gasteiger partial charge in [0.1, 0.15) is 6.04 Å². The van der Waals surface area contributed by atoms with Crippen molar-refractivity contribution in [2.45, 2.75) is 36.9 Å². The van der Waals surface area contributed by atoms with Crippen molar-refractivity contribution in [2.24, 2.45) is 5.92 Å². The molecule has 0 bridgehead atoms. The van der Waals surface area contributed by atoms with E-state index in [1.54, 1.807) is 0 Å². The quantitative estimate of drug-likeness (QED) is 0.393.